The molecule has 2 heterocycles. The van der Waals surface area contributed by atoms with E-state index in [1.54, 1.807) is 0 Å². The van der Waals surface area contributed by atoms with Gasteiger partial charge in [-0.25, -0.2) is 9.97 Å². The molecule has 0 N–H and O–H groups in total. The van der Waals surface area contributed by atoms with Crippen LogP contribution >= 0.6 is 15.9 Å². The van der Waals surface area contributed by atoms with Crippen molar-refractivity contribution < 1.29 is 0 Å². The maximum atomic E-state index is 4.47. The van der Waals surface area contributed by atoms with E-state index in [1.807, 2.05) is 12.4 Å². The van der Waals surface area contributed by atoms with E-state index in [1.165, 1.54) is 17.5 Å². The molecule has 3 nitrogen and oxygen atoms in total. The van der Waals surface area contributed by atoms with Crippen molar-refractivity contribution in [2.24, 2.45) is 0 Å². The van der Waals surface area contributed by atoms with E-state index < -0.39 is 0 Å². The lowest BCUT2D eigenvalue weighted by molar-refractivity contribution is 0.566. The van der Waals surface area contributed by atoms with Gasteiger partial charge >= 0.3 is 0 Å². The molecule has 21 heavy (non-hydrogen) atoms. The Morgan fingerprint density at radius 2 is 1.86 bits per heavy atom. The molecule has 2 aromatic rings. The normalized spacial score (nSPS) is 21.8. The van der Waals surface area contributed by atoms with Crippen molar-refractivity contribution in [3.05, 3.63) is 52.3 Å². The first-order chi connectivity index (χ1) is 10.2. The molecular formula is C17H20BrN3. The number of hydrogen-bond donors (Lipinski definition) is 0. The summed E-state index contributed by atoms with van der Waals surface area (Å²) in [4.78, 5) is 11.3. The highest BCUT2D eigenvalue weighted by molar-refractivity contribution is 9.10. The number of aromatic nitrogens is 2. The Hall–Kier alpha value is -1.42. The lowest BCUT2D eigenvalue weighted by Gasteiger charge is -2.27. The van der Waals surface area contributed by atoms with Crippen molar-refractivity contribution in [1.82, 2.24) is 9.97 Å². The largest absolute Gasteiger partial charge is 0.337 e. The molecule has 1 aliphatic rings. The number of halogens is 1. The molecule has 1 aromatic carbocycles. The first-order valence-corrected chi connectivity index (χ1v) is 8.29. The molecule has 0 bridgehead atoms. The van der Waals surface area contributed by atoms with Gasteiger partial charge in [-0.3, -0.25) is 0 Å². The molecule has 0 spiro atoms. The first-order valence-electron chi connectivity index (χ1n) is 7.49. The molecule has 0 saturated carbocycles. The molecule has 0 unspecified atom stereocenters. The average Bonchev–Trinajstić information content (AvgIpc) is 2.92. The second kappa shape index (κ2) is 6.14. The highest BCUT2D eigenvalue weighted by Gasteiger charge is 2.35. The fraction of sp³-hybridized carbons (Fsp3) is 0.412. The van der Waals surface area contributed by atoms with Crippen molar-refractivity contribution in [1.29, 1.82) is 0 Å². The van der Waals surface area contributed by atoms with Crippen LogP contribution in [0.25, 0.3) is 0 Å². The van der Waals surface area contributed by atoms with Gasteiger partial charge in [0.1, 0.15) is 0 Å². The van der Waals surface area contributed by atoms with Crippen LogP contribution in [-0.4, -0.2) is 22.6 Å². The lowest BCUT2D eigenvalue weighted by Crippen LogP contribution is -2.32. The van der Waals surface area contributed by atoms with Gasteiger partial charge in [0.25, 0.3) is 0 Å². The molecule has 0 amide bonds. The molecule has 110 valence electrons. The van der Waals surface area contributed by atoms with Crippen molar-refractivity contribution >= 4 is 21.9 Å². The van der Waals surface area contributed by atoms with Gasteiger partial charge in [-0.15, -0.1) is 0 Å². The topological polar surface area (TPSA) is 29.0 Å². The zero-order chi connectivity index (χ0) is 14.8. The number of benzene rings is 1. The van der Waals surface area contributed by atoms with Crippen LogP contribution in [0.15, 0.2) is 41.1 Å². The van der Waals surface area contributed by atoms with Gasteiger partial charge in [0, 0.05) is 30.9 Å². The summed E-state index contributed by atoms with van der Waals surface area (Å²) < 4.78 is 0.925. The van der Waals surface area contributed by atoms with Crippen LogP contribution in [0.1, 0.15) is 36.8 Å². The fourth-order valence-electron chi connectivity index (χ4n) is 3.26. The Bertz CT molecular complexity index is 541. The second-order valence-electron chi connectivity index (χ2n) is 5.68. The van der Waals surface area contributed by atoms with Gasteiger partial charge in [0.15, 0.2) is 0 Å². The molecule has 1 fully saturated rings. The van der Waals surface area contributed by atoms with E-state index in [2.05, 4.69) is 68.9 Å². The summed E-state index contributed by atoms with van der Waals surface area (Å²) in [6.07, 6.45) is 5.93. The predicted molar refractivity (Wildman–Crippen MR) is 89.7 cm³/mol. The molecule has 1 aliphatic heterocycles. The third kappa shape index (κ3) is 2.95. The zero-order valence-electron chi connectivity index (χ0n) is 12.5. The van der Waals surface area contributed by atoms with Crippen molar-refractivity contribution in [3.63, 3.8) is 0 Å². The van der Waals surface area contributed by atoms with E-state index >= 15 is 0 Å². The number of nitrogens with zero attached hydrogens (tertiary/aromatic N) is 3. The monoisotopic (exact) mass is 345 g/mol. The molecule has 4 heteroatoms. The summed E-state index contributed by atoms with van der Waals surface area (Å²) in [6.45, 7) is 5.42. The van der Waals surface area contributed by atoms with Crippen LogP contribution in [0.2, 0.25) is 0 Å². The maximum Gasteiger partial charge on any atom is 0.225 e. The Labute approximate surface area is 134 Å². The van der Waals surface area contributed by atoms with Crippen LogP contribution in [0, 0.1) is 6.92 Å². The van der Waals surface area contributed by atoms with Gasteiger partial charge in [0.2, 0.25) is 5.95 Å². The van der Waals surface area contributed by atoms with Crippen molar-refractivity contribution in [2.75, 3.05) is 11.4 Å². The van der Waals surface area contributed by atoms with Crippen LogP contribution in [0.4, 0.5) is 5.95 Å². The van der Waals surface area contributed by atoms with Gasteiger partial charge < -0.3 is 4.90 Å². The highest BCUT2D eigenvalue weighted by Crippen LogP contribution is 2.37. The number of rotatable bonds is 3. The van der Waals surface area contributed by atoms with Gasteiger partial charge in [0.05, 0.1) is 4.47 Å². The minimum Gasteiger partial charge on any atom is -0.337 e. The van der Waals surface area contributed by atoms with Crippen molar-refractivity contribution in [3.8, 4) is 0 Å². The van der Waals surface area contributed by atoms with Crippen LogP contribution in [-0.2, 0) is 0 Å². The van der Waals surface area contributed by atoms with Gasteiger partial charge in [-0.1, -0.05) is 36.8 Å². The summed E-state index contributed by atoms with van der Waals surface area (Å²) in [5.41, 5.74) is 2.75. The van der Waals surface area contributed by atoms with E-state index in [4.69, 9.17) is 0 Å². The number of hydrogen-bond acceptors (Lipinski definition) is 3. The van der Waals surface area contributed by atoms with E-state index in [-0.39, 0.29) is 0 Å². The summed E-state index contributed by atoms with van der Waals surface area (Å²) >= 11 is 3.40. The molecular weight excluding hydrogens is 326 g/mol. The minimum absolute atomic E-state index is 0.480. The van der Waals surface area contributed by atoms with Gasteiger partial charge in [-0.2, -0.15) is 0 Å². The Morgan fingerprint density at radius 1 is 1.19 bits per heavy atom. The summed E-state index contributed by atoms with van der Waals surface area (Å²) in [6, 6.07) is 9.44. The zero-order valence-corrected chi connectivity index (χ0v) is 14.0. The van der Waals surface area contributed by atoms with E-state index in [9.17, 15) is 0 Å². The van der Waals surface area contributed by atoms with E-state index in [0.29, 0.717) is 12.0 Å². The van der Waals surface area contributed by atoms with Crippen molar-refractivity contribution in [2.45, 2.75) is 38.6 Å². The second-order valence-corrected chi connectivity index (χ2v) is 6.59. The standard InChI is InChI=1S/C17H20BrN3/c1-3-16-15(13-6-4-12(2)5-7-13)8-9-21(16)17-19-10-14(18)11-20-17/h4-7,10-11,15-16H,3,8-9H2,1-2H3/t15-,16-/m0/s1. The SMILES string of the molecule is CC[C@H]1[C@H](c2ccc(C)cc2)CCN1c1ncc(Br)cn1. The predicted octanol–water partition coefficient (Wildman–Crippen LogP) is 4.32. The Balaban J connectivity index is 1.85. The van der Waals surface area contributed by atoms with Gasteiger partial charge in [-0.05, 0) is 41.3 Å². The fourth-order valence-corrected chi connectivity index (χ4v) is 3.47. The molecule has 0 aliphatic carbocycles. The first kappa shape index (κ1) is 14.5. The van der Waals surface area contributed by atoms with E-state index in [0.717, 1.165) is 23.4 Å². The van der Waals surface area contributed by atoms with Crippen LogP contribution in [0.3, 0.4) is 0 Å². The average molecular weight is 346 g/mol. The lowest BCUT2D eigenvalue weighted by atomic mass is 9.90. The summed E-state index contributed by atoms with van der Waals surface area (Å²) in [7, 11) is 0. The minimum atomic E-state index is 0.480. The number of aryl methyl sites for hydroxylation is 1. The summed E-state index contributed by atoms with van der Waals surface area (Å²) in [5.74, 6) is 1.42. The Kier molecular flexibility index (Phi) is 4.24. The molecule has 0 radical (unpaired) electrons. The smallest absolute Gasteiger partial charge is 0.225 e. The molecule has 1 aromatic heterocycles. The highest BCUT2D eigenvalue weighted by atomic mass is 79.9. The summed E-state index contributed by atoms with van der Waals surface area (Å²) in [5, 5.41) is 0. The van der Waals surface area contributed by atoms with Crippen LogP contribution < -0.4 is 4.90 Å². The quantitative estimate of drug-likeness (QED) is 0.829. The molecule has 2 atom stereocenters. The van der Waals surface area contributed by atoms with Crippen LogP contribution in [0.5, 0.6) is 0 Å². The third-order valence-electron chi connectivity index (χ3n) is 4.33. The molecule has 3 rings (SSSR count). The molecule has 1 saturated heterocycles. The maximum absolute atomic E-state index is 4.47. The Morgan fingerprint density at radius 3 is 2.48 bits per heavy atom. The number of anilines is 1. The third-order valence-corrected chi connectivity index (χ3v) is 4.74.